The molecule has 0 saturated carbocycles. The van der Waals surface area contributed by atoms with Crippen LogP contribution in [0.15, 0.2) is 48.5 Å². The van der Waals surface area contributed by atoms with E-state index in [-0.39, 0.29) is 6.10 Å². The maximum absolute atomic E-state index is 10.1. The Balaban J connectivity index is 1.97. The zero-order valence-corrected chi connectivity index (χ0v) is 11.1. The normalized spacial score (nSPS) is 12.4. The van der Waals surface area contributed by atoms with Crippen LogP contribution in [0.4, 0.5) is 0 Å². The summed E-state index contributed by atoms with van der Waals surface area (Å²) in [6.07, 6.45) is 1.32. The van der Waals surface area contributed by atoms with Gasteiger partial charge in [-0.1, -0.05) is 48.5 Å². The van der Waals surface area contributed by atoms with Gasteiger partial charge in [0, 0.05) is 0 Å². The molecule has 1 atom stereocenters. The van der Waals surface area contributed by atoms with Gasteiger partial charge in [-0.2, -0.15) is 0 Å². The van der Waals surface area contributed by atoms with Gasteiger partial charge < -0.3 is 5.11 Å². The molecule has 0 fully saturated rings. The van der Waals surface area contributed by atoms with Gasteiger partial charge in [-0.15, -0.1) is 0 Å². The molecule has 0 heterocycles. The largest absolute Gasteiger partial charge is 0.388 e. The van der Waals surface area contributed by atoms with E-state index < -0.39 is 0 Å². The van der Waals surface area contributed by atoms with Crippen molar-refractivity contribution in [2.45, 2.75) is 32.8 Å². The molecule has 18 heavy (non-hydrogen) atoms. The zero-order chi connectivity index (χ0) is 13.0. The van der Waals surface area contributed by atoms with Crippen LogP contribution in [0.25, 0.3) is 0 Å². The van der Waals surface area contributed by atoms with Crippen molar-refractivity contribution in [2.24, 2.45) is 0 Å². The van der Waals surface area contributed by atoms with Crippen LogP contribution in [0.2, 0.25) is 0 Å². The summed E-state index contributed by atoms with van der Waals surface area (Å²) in [4.78, 5) is 0. The fraction of sp³-hybridized carbons (Fsp3) is 0.294. The Hall–Kier alpha value is -1.60. The molecule has 1 unspecified atom stereocenters. The summed E-state index contributed by atoms with van der Waals surface area (Å²) in [5.74, 6) is 0. The Morgan fingerprint density at radius 3 is 2.33 bits per heavy atom. The lowest BCUT2D eigenvalue weighted by Crippen LogP contribution is -1.99. The van der Waals surface area contributed by atoms with Crippen molar-refractivity contribution in [1.82, 2.24) is 0 Å². The molecule has 1 nitrogen and oxygen atoms in total. The number of hydrogen-bond acceptors (Lipinski definition) is 1. The molecule has 0 spiro atoms. The van der Waals surface area contributed by atoms with Crippen molar-refractivity contribution in [3.63, 3.8) is 0 Å². The molecule has 0 aliphatic carbocycles. The molecular formula is C17H20O. The van der Waals surface area contributed by atoms with Gasteiger partial charge in [0.15, 0.2) is 0 Å². The van der Waals surface area contributed by atoms with E-state index in [9.17, 15) is 5.11 Å². The predicted octanol–water partition coefficient (Wildman–Crippen LogP) is 3.97. The predicted molar refractivity (Wildman–Crippen MR) is 75.6 cm³/mol. The van der Waals surface area contributed by atoms with E-state index in [1.165, 1.54) is 16.7 Å². The highest BCUT2D eigenvalue weighted by Crippen LogP contribution is 2.19. The van der Waals surface area contributed by atoms with Crippen molar-refractivity contribution in [2.75, 3.05) is 0 Å². The highest BCUT2D eigenvalue weighted by molar-refractivity contribution is 5.30. The molecule has 0 aliphatic heterocycles. The molecule has 2 aromatic rings. The van der Waals surface area contributed by atoms with Gasteiger partial charge in [-0.3, -0.25) is 0 Å². The fourth-order valence-electron chi connectivity index (χ4n) is 2.10. The SMILES string of the molecule is Cc1ccc(CCC(O)c2ccccc2)cc1C. The lowest BCUT2D eigenvalue weighted by atomic mass is 9.99. The molecule has 0 bridgehead atoms. The Kier molecular flexibility index (Phi) is 4.16. The summed E-state index contributed by atoms with van der Waals surface area (Å²) >= 11 is 0. The number of aliphatic hydroxyl groups is 1. The lowest BCUT2D eigenvalue weighted by Gasteiger charge is -2.11. The molecule has 0 saturated heterocycles. The third-order valence-electron chi connectivity index (χ3n) is 3.46. The van der Waals surface area contributed by atoms with Gasteiger partial charge in [-0.25, -0.2) is 0 Å². The van der Waals surface area contributed by atoms with E-state index >= 15 is 0 Å². The van der Waals surface area contributed by atoms with Gasteiger partial charge in [-0.05, 0) is 48.9 Å². The molecule has 1 heteroatoms. The Morgan fingerprint density at radius 1 is 0.944 bits per heavy atom. The number of aryl methyl sites for hydroxylation is 3. The molecule has 0 radical (unpaired) electrons. The highest BCUT2D eigenvalue weighted by Gasteiger charge is 2.07. The van der Waals surface area contributed by atoms with E-state index in [1.807, 2.05) is 30.3 Å². The first kappa shape index (κ1) is 12.8. The summed E-state index contributed by atoms with van der Waals surface area (Å²) in [5.41, 5.74) is 4.94. The Morgan fingerprint density at radius 2 is 1.67 bits per heavy atom. The standard InChI is InChI=1S/C17H20O/c1-13-8-9-15(12-14(13)2)10-11-17(18)16-6-4-3-5-7-16/h3-9,12,17-18H,10-11H2,1-2H3. The summed E-state index contributed by atoms with van der Waals surface area (Å²) in [6, 6.07) is 16.4. The summed E-state index contributed by atoms with van der Waals surface area (Å²) in [6.45, 7) is 4.25. The maximum atomic E-state index is 10.1. The highest BCUT2D eigenvalue weighted by atomic mass is 16.3. The fourth-order valence-corrected chi connectivity index (χ4v) is 2.10. The van der Waals surface area contributed by atoms with Crippen LogP contribution < -0.4 is 0 Å². The van der Waals surface area contributed by atoms with Gasteiger partial charge in [0.2, 0.25) is 0 Å². The van der Waals surface area contributed by atoms with Crippen LogP contribution in [-0.2, 0) is 6.42 Å². The molecular weight excluding hydrogens is 220 g/mol. The molecule has 2 rings (SSSR count). The van der Waals surface area contributed by atoms with Crippen LogP contribution in [0.3, 0.4) is 0 Å². The van der Waals surface area contributed by atoms with Crippen molar-refractivity contribution < 1.29 is 5.11 Å². The number of hydrogen-bond donors (Lipinski definition) is 1. The minimum Gasteiger partial charge on any atom is -0.388 e. The molecule has 0 aliphatic rings. The van der Waals surface area contributed by atoms with Crippen LogP contribution in [-0.4, -0.2) is 5.11 Å². The third-order valence-corrected chi connectivity index (χ3v) is 3.46. The molecule has 2 aromatic carbocycles. The van der Waals surface area contributed by atoms with Gasteiger partial charge >= 0.3 is 0 Å². The zero-order valence-electron chi connectivity index (χ0n) is 11.1. The van der Waals surface area contributed by atoms with Crippen LogP contribution in [0, 0.1) is 13.8 Å². The lowest BCUT2D eigenvalue weighted by molar-refractivity contribution is 0.168. The smallest absolute Gasteiger partial charge is 0.0793 e. The second-order valence-corrected chi connectivity index (χ2v) is 4.88. The number of benzene rings is 2. The Labute approximate surface area is 109 Å². The van der Waals surface area contributed by atoms with Crippen molar-refractivity contribution in [3.05, 3.63) is 70.8 Å². The number of rotatable bonds is 4. The molecule has 94 valence electrons. The van der Waals surface area contributed by atoms with E-state index in [0.717, 1.165) is 18.4 Å². The quantitative estimate of drug-likeness (QED) is 0.857. The molecule has 0 aromatic heterocycles. The van der Waals surface area contributed by atoms with Gasteiger partial charge in [0.1, 0.15) is 0 Å². The maximum Gasteiger partial charge on any atom is 0.0793 e. The van der Waals surface area contributed by atoms with Crippen LogP contribution in [0.1, 0.15) is 34.8 Å². The van der Waals surface area contributed by atoms with E-state index in [2.05, 4.69) is 32.0 Å². The average molecular weight is 240 g/mol. The summed E-state index contributed by atoms with van der Waals surface area (Å²) in [5, 5.41) is 10.1. The molecule has 1 N–H and O–H groups in total. The molecule has 0 amide bonds. The minimum absolute atomic E-state index is 0.368. The second-order valence-electron chi connectivity index (χ2n) is 4.88. The van der Waals surface area contributed by atoms with E-state index in [0.29, 0.717) is 0 Å². The van der Waals surface area contributed by atoms with E-state index in [1.54, 1.807) is 0 Å². The first-order valence-electron chi connectivity index (χ1n) is 6.46. The topological polar surface area (TPSA) is 20.2 Å². The van der Waals surface area contributed by atoms with Crippen molar-refractivity contribution in [1.29, 1.82) is 0 Å². The third kappa shape index (κ3) is 3.21. The Bertz CT molecular complexity index is 502. The minimum atomic E-state index is -0.368. The number of aliphatic hydroxyl groups excluding tert-OH is 1. The monoisotopic (exact) mass is 240 g/mol. The second kappa shape index (κ2) is 5.83. The summed E-state index contributed by atoms with van der Waals surface area (Å²) < 4.78 is 0. The average Bonchev–Trinajstić information content (AvgIpc) is 2.41. The first-order valence-corrected chi connectivity index (χ1v) is 6.46. The van der Waals surface area contributed by atoms with Crippen LogP contribution >= 0.6 is 0 Å². The van der Waals surface area contributed by atoms with Crippen molar-refractivity contribution in [3.8, 4) is 0 Å². The van der Waals surface area contributed by atoms with Gasteiger partial charge in [0.25, 0.3) is 0 Å². The first-order chi connectivity index (χ1) is 8.66. The van der Waals surface area contributed by atoms with E-state index in [4.69, 9.17) is 0 Å². The van der Waals surface area contributed by atoms with Crippen LogP contribution in [0.5, 0.6) is 0 Å². The van der Waals surface area contributed by atoms with Crippen molar-refractivity contribution >= 4 is 0 Å². The van der Waals surface area contributed by atoms with Gasteiger partial charge in [0.05, 0.1) is 6.10 Å². The summed E-state index contributed by atoms with van der Waals surface area (Å²) in [7, 11) is 0.